The van der Waals surface area contributed by atoms with Crippen LogP contribution in [0.4, 0.5) is 0 Å². The molecule has 0 fully saturated rings. The molecule has 2 aromatic rings. The highest BCUT2D eigenvalue weighted by Crippen LogP contribution is 2.21. The summed E-state index contributed by atoms with van der Waals surface area (Å²) in [5.41, 5.74) is 3.38. The van der Waals surface area contributed by atoms with Crippen molar-refractivity contribution in [2.45, 2.75) is 66.1 Å². The third kappa shape index (κ3) is 6.91. The van der Waals surface area contributed by atoms with E-state index in [1.165, 1.54) is 5.56 Å². The van der Waals surface area contributed by atoms with E-state index in [0.29, 0.717) is 13.0 Å². The molecule has 4 heteroatoms. The van der Waals surface area contributed by atoms with E-state index >= 15 is 0 Å². The number of carbonyl (C=O) groups excluding carboxylic acids is 1. The number of hydrogen-bond acceptors (Lipinski definition) is 3. The molecule has 0 heterocycles. The van der Waals surface area contributed by atoms with Crippen molar-refractivity contribution in [2.24, 2.45) is 0 Å². The Bertz CT molecular complexity index is 770. The highest BCUT2D eigenvalue weighted by atomic mass is 16.5. The molecule has 0 unspecified atom stereocenters. The fourth-order valence-corrected chi connectivity index (χ4v) is 2.97. The Morgan fingerprint density at radius 3 is 2.57 bits per heavy atom. The molecule has 2 rings (SSSR count). The van der Waals surface area contributed by atoms with E-state index in [-0.39, 0.29) is 12.0 Å². The Morgan fingerprint density at radius 2 is 1.86 bits per heavy atom. The van der Waals surface area contributed by atoms with Crippen LogP contribution in [0.3, 0.4) is 0 Å². The fraction of sp³-hybridized carbons (Fsp3) is 0.458. The second kappa shape index (κ2) is 10.7. The van der Waals surface area contributed by atoms with Gasteiger partial charge >= 0.3 is 0 Å². The Balaban J connectivity index is 1.81. The Morgan fingerprint density at radius 1 is 1.07 bits per heavy atom. The van der Waals surface area contributed by atoms with Gasteiger partial charge in [0, 0.05) is 6.54 Å². The van der Waals surface area contributed by atoms with Gasteiger partial charge in [0.15, 0.2) is 6.10 Å². The molecule has 0 saturated heterocycles. The van der Waals surface area contributed by atoms with Crippen LogP contribution in [0.25, 0.3) is 0 Å². The summed E-state index contributed by atoms with van der Waals surface area (Å²) < 4.78 is 11.7. The Kier molecular flexibility index (Phi) is 8.37. The molecule has 1 amide bonds. The van der Waals surface area contributed by atoms with Gasteiger partial charge in [0.2, 0.25) is 0 Å². The lowest BCUT2D eigenvalue weighted by Crippen LogP contribution is -2.38. The van der Waals surface area contributed by atoms with E-state index < -0.39 is 6.10 Å². The molecule has 0 aromatic heterocycles. The predicted molar refractivity (Wildman–Crippen MR) is 114 cm³/mol. The van der Waals surface area contributed by atoms with Crippen molar-refractivity contribution in [2.75, 3.05) is 6.54 Å². The van der Waals surface area contributed by atoms with Crippen molar-refractivity contribution in [3.63, 3.8) is 0 Å². The molecule has 152 valence electrons. The summed E-state index contributed by atoms with van der Waals surface area (Å²) in [4.78, 5) is 12.5. The van der Waals surface area contributed by atoms with Crippen LogP contribution in [-0.4, -0.2) is 24.7 Å². The van der Waals surface area contributed by atoms with E-state index in [0.717, 1.165) is 35.5 Å². The first kappa shape index (κ1) is 21.8. The van der Waals surface area contributed by atoms with Crippen molar-refractivity contribution < 1.29 is 14.3 Å². The predicted octanol–water partition coefficient (Wildman–Crippen LogP) is 5.00. The minimum absolute atomic E-state index is 0.0553. The minimum atomic E-state index is -0.469. The number of benzene rings is 2. The molecule has 0 saturated carbocycles. The fourth-order valence-electron chi connectivity index (χ4n) is 2.97. The van der Waals surface area contributed by atoms with Crippen LogP contribution >= 0.6 is 0 Å². The number of aryl methyl sites for hydroxylation is 3. The lowest BCUT2D eigenvalue weighted by Gasteiger charge is -2.19. The zero-order valence-corrected chi connectivity index (χ0v) is 17.7. The lowest BCUT2D eigenvalue weighted by atomic mass is 10.1. The van der Waals surface area contributed by atoms with Gasteiger partial charge in [0.1, 0.15) is 11.5 Å². The standard InChI is InChI=1S/C24H33NO3/c1-6-22(28-23-15-18(4)12-13-19(23)5)24(26)25-14-8-10-20-9-7-11-21(16-20)27-17(2)3/h7,9,11-13,15-17,22H,6,8,10,14H2,1-5H3,(H,25,26)/t22-/m1/s1. The highest BCUT2D eigenvalue weighted by molar-refractivity contribution is 5.81. The molecule has 0 aliphatic rings. The minimum Gasteiger partial charge on any atom is -0.491 e. The monoisotopic (exact) mass is 383 g/mol. The summed E-state index contributed by atoms with van der Waals surface area (Å²) in [6.07, 6.45) is 2.09. The van der Waals surface area contributed by atoms with Crippen molar-refractivity contribution in [3.8, 4) is 11.5 Å². The van der Waals surface area contributed by atoms with E-state index in [1.807, 2.05) is 65.0 Å². The summed E-state index contributed by atoms with van der Waals surface area (Å²) in [7, 11) is 0. The molecule has 1 N–H and O–H groups in total. The number of ether oxygens (including phenoxy) is 2. The van der Waals surface area contributed by atoms with Gasteiger partial charge in [-0.15, -0.1) is 0 Å². The summed E-state index contributed by atoms with van der Waals surface area (Å²) in [6, 6.07) is 14.2. The van der Waals surface area contributed by atoms with E-state index in [2.05, 4.69) is 17.4 Å². The quantitative estimate of drug-likeness (QED) is 0.588. The first-order valence-corrected chi connectivity index (χ1v) is 10.2. The smallest absolute Gasteiger partial charge is 0.261 e. The maximum atomic E-state index is 12.5. The second-order valence-corrected chi connectivity index (χ2v) is 7.49. The highest BCUT2D eigenvalue weighted by Gasteiger charge is 2.18. The van der Waals surface area contributed by atoms with Gasteiger partial charge in [-0.3, -0.25) is 4.79 Å². The SMILES string of the molecule is CC[C@@H](Oc1cc(C)ccc1C)C(=O)NCCCc1cccc(OC(C)C)c1. The number of rotatable bonds is 10. The molecule has 1 atom stereocenters. The van der Waals surface area contributed by atoms with E-state index in [1.54, 1.807) is 0 Å². The van der Waals surface area contributed by atoms with Crippen LogP contribution < -0.4 is 14.8 Å². The summed E-state index contributed by atoms with van der Waals surface area (Å²) in [6.45, 7) is 10.7. The van der Waals surface area contributed by atoms with Gasteiger partial charge in [0.05, 0.1) is 6.10 Å². The average Bonchev–Trinajstić information content (AvgIpc) is 2.65. The normalized spacial score (nSPS) is 11.9. The van der Waals surface area contributed by atoms with Crippen LogP contribution in [0.5, 0.6) is 11.5 Å². The van der Waals surface area contributed by atoms with Crippen LogP contribution in [0.2, 0.25) is 0 Å². The van der Waals surface area contributed by atoms with Crippen molar-refractivity contribution in [3.05, 3.63) is 59.2 Å². The largest absolute Gasteiger partial charge is 0.491 e. The average molecular weight is 384 g/mol. The summed E-state index contributed by atoms with van der Waals surface area (Å²) >= 11 is 0. The zero-order valence-electron chi connectivity index (χ0n) is 17.7. The Hall–Kier alpha value is -2.49. The van der Waals surface area contributed by atoms with Crippen molar-refractivity contribution >= 4 is 5.91 Å². The third-order valence-corrected chi connectivity index (χ3v) is 4.49. The third-order valence-electron chi connectivity index (χ3n) is 4.49. The first-order chi connectivity index (χ1) is 13.4. The van der Waals surface area contributed by atoms with Crippen LogP contribution in [0.1, 0.15) is 50.3 Å². The van der Waals surface area contributed by atoms with Crippen LogP contribution in [0, 0.1) is 13.8 Å². The Labute approximate surface area is 169 Å². The second-order valence-electron chi connectivity index (χ2n) is 7.49. The number of nitrogens with one attached hydrogen (secondary N) is 1. The summed E-state index contributed by atoms with van der Waals surface area (Å²) in [5, 5.41) is 3.01. The molecule has 0 spiro atoms. The van der Waals surface area contributed by atoms with Crippen LogP contribution in [0.15, 0.2) is 42.5 Å². The molecule has 0 aliphatic heterocycles. The van der Waals surface area contributed by atoms with Gasteiger partial charge in [-0.25, -0.2) is 0 Å². The van der Waals surface area contributed by atoms with Crippen molar-refractivity contribution in [1.82, 2.24) is 5.32 Å². The van der Waals surface area contributed by atoms with Gasteiger partial charge in [-0.05, 0) is 81.8 Å². The maximum Gasteiger partial charge on any atom is 0.261 e. The molecule has 4 nitrogen and oxygen atoms in total. The van der Waals surface area contributed by atoms with Gasteiger partial charge in [0.25, 0.3) is 5.91 Å². The topological polar surface area (TPSA) is 47.6 Å². The lowest BCUT2D eigenvalue weighted by molar-refractivity contribution is -0.128. The molecule has 0 radical (unpaired) electrons. The molecule has 0 bridgehead atoms. The molecule has 0 aliphatic carbocycles. The van der Waals surface area contributed by atoms with Crippen LogP contribution in [-0.2, 0) is 11.2 Å². The molecular formula is C24H33NO3. The maximum absolute atomic E-state index is 12.5. The number of hydrogen-bond donors (Lipinski definition) is 1. The number of carbonyl (C=O) groups is 1. The van der Waals surface area contributed by atoms with Gasteiger partial charge in [-0.1, -0.05) is 31.2 Å². The van der Waals surface area contributed by atoms with Crippen molar-refractivity contribution in [1.29, 1.82) is 0 Å². The van der Waals surface area contributed by atoms with Gasteiger partial charge < -0.3 is 14.8 Å². The van der Waals surface area contributed by atoms with Gasteiger partial charge in [-0.2, -0.15) is 0 Å². The number of amides is 1. The molecular weight excluding hydrogens is 350 g/mol. The molecule has 2 aromatic carbocycles. The van der Waals surface area contributed by atoms with E-state index in [4.69, 9.17) is 9.47 Å². The summed E-state index contributed by atoms with van der Waals surface area (Å²) in [5.74, 6) is 1.62. The van der Waals surface area contributed by atoms with E-state index in [9.17, 15) is 4.79 Å². The first-order valence-electron chi connectivity index (χ1n) is 10.2. The molecule has 28 heavy (non-hydrogen) atoms. The zero-order chi connectivity index (χ0) is 20.5.